The Morgan fingerprint density at radius 1 is 0.623 bits per heavy atom. The predicted molar refractivity (Wildman–Crippen MR) is 386 cm³/mol. The highest BCUT2D eigenvalue weighted by atomic mass is 16.5. The Hall–Kier alpha value is -9.53. The number of benzene rings is 1. The van der Waals surface area contributed by atoms with Gasteiger partial charge >= 0.3 is 5.97 Å². The van der Waals surface area contributed by atoms with E-state index in [1.54, 1.807) is 20.8 Å². The number of likely N-dealkylation sites (N-methyl/N-ethyl adjacent to an activating group) is 2. The molecule has 12 amide bonds. The number of aliphatic hydroxyl groups excluding tert-OH is 4. The minimum absolute atomic E-state index is 0.00975. The number of aliphatic imine (C=N–C) groups is 2. The van der Waals surface area contributed by atoms with Gasteiger partial charge in [0, 0.05) is 46.6 Å². The Morgan fingerprint density at radius 2 is 1.19 bits per heavy atom. The summed E-state index contributed by atoms with van der Waals surface area (Å²) in [4.78, 5) is 196. The number of aliphatic hydroxyl groups is 4. The van der Waals surface area contributed by atoms with Crippen LogP contribution in [0.5, 0.6) is 5.75 Å². The van der Waals surface area contributed by atoms with Crippen LogP contribution in [0.25, 0.3) is 0 Å². The van der Waals surface area contributed by atoms with Gasteiger partial charge in [-0.2, -0.15) is 0 Å². The molecule has 106 heavy (non-hydrogen) atoms. The maximum Gasteiger partial charge on any atom is 0.328 e. The number of amides is 12. The van der Waals surface area contributed by atoms with E-state index < -0.39 is 204 Å². The van der Waals surface area contributed by atoms with E-state index in [4.69, 9.17) is 43.9 Å². The van der Waals surface area contributed by atoms with E-state index >= 15 is 14.4 Å². The number of nitrogens with two attached hydrogens (primary N) is 6. The minimum atomic E-state index is -2.58. The summed E-state index contributed by atoms with van der Waals surface area (Å²) in [5.74, 6) is -19.8. The summed E-state index contributed by atoms with van der Waals surface area (Å²) >= 11 is 0. The van der Waals surface area contributed by atoms with Crippen LogP contribution in [0.4, 0.5) is 0 Å². The summed E-state index contributed by atoms with van der Waals surface area (Å²) in [5, 5.41) is 75.7. The van der Waals surface area contributed by atoms with Gasteiger partial charge in [0.05, 0.1) is 24.2 Å². The molecule has 0 aliphatic carbocycles. The van der Waals surface area contributed by atoms with Crippen molar-refractivity contribution in [3.63, 3.8) is 0 Å². The molecule has 38 nitrogen and oxygen atoms in total. The number of esters is 1. The second-order valence-corrected chi connectivity index (χ2v) is 28.0. The van der Waals surface area contributed by atoms with Crippen LogP contribution in [0.1, 0.15) is 146 Å². The molecule has 1 fully saturated rings. The third kappa shape index (κ3) is 28.7. The molecular formula is C68H116N18O20. The number of carbonyl (C=O) groups excluding carboxylic acids is 13. The molecule has 25 N–H and O–H groups in total. The van der Waals surface area contributed by atoms with Crippen molar-refractivity contribution in [1.29, 1.82) is 0 Å². The highest BCUT2D eigenvalue weighted by Crippen LogP contribution is 2.27. The molecule has 1 aromatic carbocycles. The van der Waals surface area contributed by atoms with Gasteiger partial charge in [-0.3, -0.25) is 67.5 Å². The van der Waals surface area contributed by atoms with Crippen molar-refractivity contribution in [2.75, 3.05) is 34.3 Å². The fourth-order valence-corrected chi connectivity index (χ4v) is 11.7. The van der Waals surface area contributed by atoms with Gasteiger partial charge in [0.2, 0.25) is 65.0 Å². The molecule has 20 atom stereocenters. The number of ether oxygens (including phenoxy) is 2. The number of phenols is 1. The number of methoxy groups -OCH3 is 1. The monoisotopic (exact) mass is 1500 g/mol. The lowest BCUT2D eigenvalue weighted by Crippen LogP contribution is -2.65. The minimum Gasteiger partial charge on any atom is -0.508 e. The first-order valence-electron chi connectivity index (χ1n) is 35.2. The molecule has 38 heteroatoms. The Bertz CT molecular complexity index is 3230. The number of nitrogens with one attached hydrogen (secondary N) is 8. The molecule has 0 spiro atoms. The first kappa shape index (κ1) is 92.6. The quantitative estimate of drug-likeness (QED) is 0.0132. The van der Waals surface area contributed by atoms with E-state index in [1.165, 1.54) is 66.1 Å². The van der Waals surface area contributed by atoms with Gasteiger partial charge in [0.25, 0.3) is 5.91 Å². The predicted octanol–water partition coefficient (Wildman–Crippen LogP) is -5.44. The zero-order valence-electron chi connectivity index (χ0n) is 63.2. The second kappa shape index (κ2) is 43.8. The molecule has 1 aromatic rings. The molecular weight excluding hydrogens is 1390 g/mol. The van der Waals surface area contributed by atoms with E-state index in [0.717, 1.165) is 37.6 Å². The summed E-state index contributed by atoms with van der Waals surface area (Å²) in [6.07, 6.45) is -12.4. The molecule has 0 saturated carbocycles. The third-order valence-corrected chi connectivity index (χ3v) is 18.5. The van der Waals surface area contributed by atoms with Crippen molar-refractivity contribution >= 4 is 88.8 Å². The summed E-state index contributed by atoms with van der Waals surface area (Å²) in [7, 11) is 3.47. The number of cyclic esters (lactones) is 1. The second-order valence-electron chi connectivity index (χ2n) is 28.0. The first-order chi connectivity index (χ1) is 49.3. The number of nitrogens with zero attached hydrogens (tertiary/aromatic N) is 4. The largest absolute Gasteiger partial charge is 0.508 e. The van der Waals surface area contributed by atoms with Crippen molar-refractivity contribution in [1.82, 2.24) is 52.3 Å². The zero-order valence-corrected chi connectivity index (χ0v) is 63.2. The number of phenolic OH excluding ortho intramolecular Hbond substituents is 1. The molecule has 0 aromatic heterocycles. The van der Waals surface area contributed by atoms with Gasteiger partial charge in [-0.05, 0) is 114 Å². The van der Waals surface area contributed by atoms with Gasteiger partial charge < -0.3 is 122 Å². The van der Waals surface area contributed by atoms with Crippen LogP contribution in [0.15, 0.2) is 34.3 Å². The summed E-state index contributed by atoms with van der Waals surface area (Å²) in [6, 6.07) is -12.6. The van der Waals surface area contributed by atoms with Crippen molar-refractivity contribution in [3.05, 3.63) is 29.8 Å². The van der Waals surface area contributed by atoms with Crippen molar-refractivity contribution in [2.24, 2.45) is 79.9 Å². The Kier molecular flexibility index (Phi) is 38.2. The van der Waals surface area contributed by atoms with Crippen LogP contribution in [0.3, 0.4) is 0 Å². The number of rotatable bonds is 34. The fourth-order valence-electron chi connectivity index (χ4n) is 11.7. The van der Waals surface area contributed by atoms with Crippen molar-refractivity contribution in [2.45, 2.75) is 231 Å². The molecule has 598 valence electrons. The topological polar surface area (TPSA) is 625 Å². The average molecular weight is 1510 g/mol. The van der Waals surface area contributed by atoms with E-state index in [9.17, 15) is 73.5 Å². The van der Waals surface area contributed by atoms with E-state index in [2.05, 4.69) is 52.5 Å². The van der Waals surface area contributed by atoms with E-state index in [1.807, 2.05) is 13.8 Å². The first-order valence-corrected chi connectivity index (χ1v) is 35.2. The number of hydrogen-bond acceptors (Lipinski definition) is 22. The lowest BCUT2D eigenvalue weighted by atomic mass is 9.87. The van der Waals surface area contributed by atoms with Gasteiger partial charge in [-0.1, -0.05) is 67.5 Å². The molecule has 1 saturated heterocycles. The van der Waals surface area contributed by atoms with Gasteiger partial charge in [0.15, 0.2) is 18.0 Å². The molecule has 2 rings (SSSR count). The lowest BCUT2D eigenvalue weighted by molar-refractivity contribution is -0.162. The van der Waals surface area contributed by atoms with Crippen molar-refractivity contribution in [3.8, 4) is 5.75 Å². The standard InChI is InChI=1S/C68H116N18O20/c1-30(2)28-32(5)51(90)35(8)56(94)77-36(9)57(95)78-42(18-16-26-75-67(71)72)52(91)53(92)63(101)81-47(33(6)34(7)55(70)93)60(98)83-49-39(12)106-66(104)37(10)85(13)65(103)50(54(105-15)40-20-22-41(88)23-21-40)84-59(97)45(24-25-46(69)89)86(14)64(102)44(29-31(3)4)80-58(96)43(19-17-27-76-68(73)74)79-61(99)48(38(11)87)82-62(49)100/h20-23,30-39,42-45,47-54,87-88,90-92H,16-19,24-29H2,1-15H3,(H2,69,89)(H2,70,93)(H,77,94)(H,78,95)(H,79,99)(H,80,96)(H,81,101)(H,82,100)(H,83,98)(H,84,97)(H4,71,72,75)(H4,73,74,76)/t32-,33+,34-,35-,36-,37+,38-,39-,42+,43-,44+,45+,47+,48+,49+,50-,51-,52-,53-,54-/m1/s1. The smallest absolute Gasteiger partial charge is 0.328 e. The fraction of sp³-hybridized carbons (Fsp3) is 0.691. The number of aromatic hydroxyl groups is 1. The SMILES string of the molecule is CO[C@H](c1ccc(O)cc1)[C@H]1NC(=O)[C@H](CCC(N)=O)N(C)C(=O)[C@H](CC(C)C)NC(=O)[C@@H](CCCN=C(N)N)NC(=O)[C@H]([C@@H](C)O)NC(=O)[C@@H](NC(=O)[C@@H](NC(=O)[C@H](O)[C@H](O)[C@H](CCCN=C(N)N)NC(=O)[C@@H](C)NC(=O)[C@H](C)[C@H](O)[C@H](C)CC(C)C)[C@@H](C)[C@@H](C)C(N)=O)[C@@H](C)OC(=O)[C@H](C)N(C)C1=O. The molecule has 0 bridgehead atoms. The summed E-state index contributed by atoms with van der Waals surface area (Å²) < 4.78 is 11.7. The number of hydrogen-bond donors (Lipinski definition) is 19. The van der Waals surface area contributed by atoms with E-state index in [-0.39, 0.29) is 86.2 Å². The normalized spacial score (nSPS) is 23.2. The number of primary amides is 2. The van der Waals surface area contributed by atoms with Gasteiger partial charge in [-0.25, -0.2) is 4.79 Å². The van der Waals surface area contributed by atoms with Crippen LogP contribution in [0, 0.1) is 35.5 Å². The molecule has 1 heterocycles. The van der Waals surface area contributed by atoms with Crippen molar-refractivity contribution < 1.29 is 97.3 Å². The van der Waals surface area contributed by atoms with Gasteiger partial charge in [0.1, 0.15) is 78.4 Å². The summed E-state index contributed by atoms with van der Waals surface area (Å²) in [6.45, 7) is 17.4. The third-order valence-electron chi connectivity index (χ3n) is 18.5. The molecule has 0 radical (unpaired) electrons. The average Bonchev–Trinajstić information content (AvgIpc) is 0.811. The highest BCUT2D eigenvalue weighted by molar-refractivity contribution is 5.99. The van der Waals surface area contributed by atoms with Gasteiger partial charge in [-0.15, -0.1) is 0 Å². The maximum absolute atomic E-state index is 15.1. The Labute approximate surface area is 617 Å². The maximum atomic E-state index is 15.1. The number of guanidine groups is 2. The molecule has 1 aliphatic heterocycles. The Morgan fingerprint density at radius 3 is 1.72 bits per heavy atom. The Balaban J connectivity index is 3.02. The highest BCUT2D eigenvalue weighted by Gasteiger charge is 2.45. The van der Waals surface area contributed by atoms with Crippen LogP contribution in [0.2, 0.25) is 0 Å². The zero-order chi connectivity index (χ0) is 81.1. The molecule has 0 unspecified atom stereocenters. The number of carbonyl (C=O) groups is 13. The van der Waals surface area contributed by atoms with Crippen LogP contribution in [-0.2, 0) is 71.8 Å². The molecule has 1 aliphatic rings. The van der Waals surface area contributed by atoms with E-state index in [0.29, 0.717) is 6.42 Å². The summed E-state index contributed by atoms with van der Waals surface area (Å²) in [5.41, 5.74) is 33.6. The van der Waals surface area contributed by atoms with Crippen LogP contribution in [-0.4, -0.2) is 249 Å². The lowest BCUT2D eigenvalue weighted by Gasteiger charge is -2.36. The van der Waals surface area contributed by atoms with Crippen LogP contribution < -0.4 is 76.9 Å². The van der Waals surface area contributed by atoms with Crippen LogP contribution >= 0.6 is 0 Å².